The predicted molar refractivity (Wildman–Crippen MR) is 92.0 cm³/mol. The molecule has 0 saturated carbocycles. The van der Waals surface area contributed by atoms with Gasteiger partial charge in [-0.1, -0.05) is 37.0 Å². The highest BCUT2D eigenvalue weighted by atomic mass is 16.5. The van der Waals surface area contributed by atoms with Gasteiger partial charge in [-0.15, -0.1) is 0 Å². The van der Waals surface area contributed by atoms with Gasteiger partial charge < -0.3 is 9.47 Å². The second-order valence-corrected chi connectivity index (χ2v) is 5.84. The summed E-state index contributed by atoms with van der Waals surface area (Å²) in [6, 6.07) is 5.88. The zero-order valence-corrected chi connectivity index (χ0v) is 14.4. The number of ketones is 1. The second-order valence-electron chi connectivity index (χ2n) is 5.84. The smallest absolute Gasteiger partial charge is 0.320 e. The van der Waals surface area contributed by atoms with Crippen molar-refractivity contribution in [3.8, 4) is 11.9 Å². The van der Waals surface area contributed by atoms with Crippen LogP contribution in [0.5, 0.6) is 11.9 Å². The van der Waals surface area contributed by atoms with Crippen LogP contribution in [0.1, 0.15) is 46.9 Å². The summed E-state index contributed by atoms with van der Waals surface area (Å²) in [7, 11) is 4.96. The maximum Gasteiger partial charge on any atom is 0.320 e. The molecule has 6 heteroatoms. The fourth-order valence-electron chi connectivity index (χ4n) is 2.61. The molecule has 0 aliphatic heterocycles. The first-order valence-corrected chi connectivity index (χ1v) is 7.50. The highest BCUT2D eigenvalue weighted by Gasteiger charge is 2.24. The number of aromatic nitrogens is 2. The van der Waals surface area contributed by atoms with Crippen molar-refractivity contribution >= 4 is 19.1 Å². The highest BCUT2D eigenvalue weighted by molar-refractivity contribution is 6.33. The summed E-state index contributed by atoms with van der Waals surface area (Å²) in [5.74, 6) is 0.264. The largest absolute Gasteiger partial charge is 0.481 e. The van der Waals surface area contributed by atoms with Gasteiger partial charge in [-0.25, -0.2) is 0 Å². The number of ether oxygens (including phenoxy) is 2. The Bertz CT molecular complexity index is 725. The standard InChI is InChI=1S/C17H21BN2O3/c1-9(2)13-14(19-17(23-5)20-16(13)22-4)15(21)11-6-10(3)7-12(18)8-11/h6-9H,18H2,1-5H3. The van der Waals surface area contributed by atoms with Crippen LogP contribution < -0.4 is 14.9 Å². The minimum Gasteiger partial charge on any atom is -0.481 e. The first-order valence-electron chi connectivity index (χ1n) is 7.50. The van der Waals surface area contributed by atoms with Crippen LogP contribution in [-0.4, -0.2) is 37.8 Å². The van der Waals surface area contributed by atoms with Gasteiger partial charge >= 0.3 is 6.01 Å². The van der Waals surface area contributed by atoms with E-state index < -0.39 is 0 Å². The second kappa shape index (κ2) is 6.81. The van der Waals surface area contributed by atoms with Crippen LogP contribution in [0, 0.1) is 6.92 Å². The lowest BCUT2D eigenvalue weighted by molar-refractivity contribution is 0.103. The lowest BCUT2D eigenvalue weighted by Crippen LogP contribution is -2.15. The van der Waals surface area contributed by atoms with Crippen molar-refractivity contribution in [1.29, 1.82) is 0 Å². The number of benzene rings is 1. The molecule has 0 aliphatic carbocycles. The summed E-state index contributed by atoms with van der Waals surface area (Å²) in [5.41, 5.74) is 3.69. The molecule has 1 heterocycles. The molecule has 1 aromatic carbocycles. The van der Waals surface area contributed by atoms with Crippen molar-refractivity contribution in [2.24, 2.45) is 0 Å². The van der Waals surface area contributed by atoms with Gasteiger partial charge in [-0.05, 0) is 18.9 Å². The number of nitrogens with zero attached hydrogens (tertiary/aromatic N) is 2. The lowest BCUT2D eigenvalue weighted by atomic mass is 9.89. The van der Waals surface area contributed by atoms with Gasteiger partial charge in [0.15, 0.2) is 0 Å². The zero-order chi connectivity index (χ0) is 17.1. The van der Waals surface area contributed by atoms with Gasteiger partial charge in [0.2, 0.25) is 11.7 Å². The summed E-state index contributed by atoms with van der Waals surface area (Å²) >= 11 is 0. The maximum absolute atomic E-state index is 13.0. The fraction of sp³-hybridized carbons (Fsp3) is 0.353. The number of hydrogen-bond donors (Lipinski definition) is 0. The molecular weight excluding hydrogens is 291 g/mol. The number of carbonyl (C=O) groups is 1. The third-order valence-electron chi connectivity index (χ3n) is 3.54. The maximum atomic E-state index is 13.0. The molecule has 0 aliphatic rings. The van der Waals surface area contributed by atoms with Crippen molar-refractivity contribution in [1.82, 2.24) is 9.97 Å². The molecule has 23 heavy (non-hydrogen) atoms. The van der Waals surface area contributed by atoms with Crippen LogP contribution >= 0.6 is 0 Å². The van der Waals surface area contributed by atoms with Gasteiger partial charge in [0.1, 0.15) is 13.5 Å². The van der Waals surface area contributed by atoms with Crippen LogP contribution in [0.4, 0.5) is 0 Å². The van der Waals surface area contributed by atoms with E-state index in [1.54, 1.807) is 0 Å². The van der Waals surface area contributed by atoms with Crippen molar-refractivity contribution in [3.63, 3.8) is 0 Å². The molecule has 5 nitrogen and oxygen atoms in total. The number of hydrogen-bond acceptors (Lipinski definition) is 5. The highest BCUT2D eigenvalue weighted by Crippen LogP contribution is 2.30. The van der Waals surface area contributed by atoms with Crippen LogP contribution in [0.3, 0.4) is 0 Å². The van der Waals surface area contributed by atoms with Crippen molar-refractivity contribution in [3.05, 3.63) is 40.6 Å². The molecule has 2 aromatic rings. The van der Waals surface area contributed by atoms with E-state index in [-0.39, 0.29) is 17.7 Å². The Hall–Kier alpha value is -2.37. The molecule has 0 radical (unpaired) electrons. The van der Waals surface area contributed by atoms with Gasteiger partial charge in [0.25, 0.3) is 0 Å². The molecule has 2 rings (SSSR count). The molecule has 0 saturated heterocycles. The molecule has 0 atom stereocenters. The van der Waals surface area contributed by atoms with Crippen LogP contribution in [0.25, 0.3) is 0 Å². The molecular formula is C17H21BN2O3. The van der Waals surface area contributed by atoms with E-state index in [9.17, 15) is 4.79 Å². The number of aryl methyl sites for hydroxylation is 1. The summed E-state index contributed by atoms with van der Waals surface area (Å²) in [6.45, 7) is 5.92. The van der Waals surface area contributed by atoms with Crippen molar-refractivity contribution < 1.29 is 14.3 Å². The molecule has 0 spiro atoms. The zero-order valence-electron chi connectivity index (χ0n) is 14.4. The van der Waals surface area contributed by atoms with E-state index in [0.29, 0.717) is 22.7 Å². The Labute approximate surface area is 137 Å². The minimum absolute atomic E-state index is 0.0423. The lowest BCUT2D eigenvalue weighted by Gasteiger charge is -2.16. The van der Waals surface area contributed by atoms with E-state index in [1.807, 2.05) is 46.8 Å². The molecule has 0 bridgehead atoms. The van der Waals surface area contributed by atoms with E-state index in [2.05, 4.69) is 9.97 Å². The number of rotatable bonds is 5. The summed E-state index contributed by atoms with van der Waals surface area (Å²) in [6.07, 6.45) is 0. The minimum atomic E-state index is -0.153. The third-order valence-corrected chi connectivity index (χ3v) is 3.54. The van der Waals surface area contributed by atoms with E-state index in [1.165, 1.54) is 14.2 Å². The van der Waals surface area contributed by atoms with Crippen LogP contribution in [0.15, 0.2) is 18.2 Å². The topological polar surface area (TPSA) is 61.3 Å². The Morgan fingerprint density at radius 3 is 2.35 bits per heavy atom. The average Bonchev–Trinajstić information content (AvgIpc) is 2.51. The molecule has 0 fully saturated rings. The SMILES string of the molecule is Bc1cc(C)cc(C(=O)c2nc(OC)nc(OC)c2C(C)C)c1. The molecule has 0 unspecified atom stereocenters. The summed E-state index contributed by atoms with van der Waals surface area (Å²) in [5, 5.41) is 0. The fourth-order valence-corrected chi connectivity index (χ4v) is 2.61. The summed E-state index contributed by atoms with van der Waals surface area (Å²) < 4.78 is 10.5. The number of methoxy groups -OCH3 is 2. The Kier molecular flexibility index (Phi) is 5.03. The normalized spacial score (nSPS) is 10.7. The van der Waals surface area contributed by atoms with E-state index in [0.717, 1.165) is 11.0 Å². The van der Waals surface area contributed by atoms with Crippen molar-refractivity contribution in [2.75, 3.05) is 14.2 Å². The third kappa shape index (κ3) is 3.52. The Morgan fingerprint density at radius 2 is 1.83 bits per heavy atom. The van der Waals surface area contributed by atoms with E-state index in [4.69, 9.17) is 9.47 Å². The first-order chi connectivity index (χ1) is 10.9. The predicted octanol–water partition coefficient (Wildman–Crippen LogP) is 1.42. The van der Waals surface area contributed by atoms with Crippen LogP contribution in [-0.2, 0) is 0 Å². The first kappa shape index (κ1) is 17.0. The summed E-state index contributed by atoms with van der Waals surface area (Å²) in [4.78, 5) is 21.5. The van der Waals surface area contributed by atoms with Gasteiger partial charge in [-0.2, -0.15) is 9.97 Å². The molecule has 1 aromatic heterocycles. The van der Waals surface area contributed by atoms with Gasteiger partial charge in [-0.3, -0.25) is 4.79 Å². The Morgan fingerprint density at radius 1 is 1.13 bits per heavy atom. The average molecular weight is 312 g/mol. The van der Waals surface area contributed by atoms with Gasteiger partial charge in [0.05, 0.1) is 14.2 Å². The number of carbonyl (C=O) groups excluding carboxylic acids is 1. The molecule has 120 valence electrons. The van der Waals surface area contributed by atoms with Crippen molar-refractivity contribution in [2.45, 2.75) is 26.7 Å². The van der Waals surface area contributed by atoms with Gasteiger partial charge in [0, 0.05) is 11.1 Å². The van der Waals surface area contributed by atoms with Crippen LogP contribution in [0.2, 0.25) is 0 Å². The van der Waals surface area contributed by atoms with E-state index >= 15 is 0 Å². The monoisotopic (exact) mass is 312 g/mol. The molecule has 0 amide bonds. The molecule has 0 N–H and O–H groups in total. The Balaban J connectivity index is 2.66. The quantitative estimate of drug-likeness (QED) is 0.617.